The van der Waals surface area contributed by atoms with Crippen LogP contribution in [0.5, 0.6) is 5.75 Å². The second kappa shape index (κ2) is 6.01. The minimum absolute atomic E-state index is 0.253. The van der Waals surface area contributed by atoms with E-state index in [9.17, 15) is 4.79 Å². The Morgan fingerprint density at radius 2 is 2.32 bits per heavy atom. The smallest absolute Gasteiger partial charge is 0.276 e. The van der Waals surface area contributed by atoms with E-state index < -0.39 is 0 Å². The highest BCUT2D eigenvalue weighted by Crippen LogP contribution is 2.17. The largest absolute Gasteiger partial charge is 0.492 e. The van der Waals surface area contributed by atoms with E-state index in [4.69, 9.17) is 10.5 Å². The van der Waals surface area contributed by atoms with E-state index in [-0.39, 0.29) is 5.91 Å². The molecule has 2 aromatic rings. The number of hydrogen-bond acceptors (Lipinski definition) is 4. The van der Waals surface area contributed by atoms with Crippen LogP contribution in [0.15, 0.2) is 36.5 Å². The molecule has 100 valence electrons. The number of carbonyl (C=O) groups excluding carboxylic acids is 1. The third kappa shape index (κ3) is 3.56. The van der Waals surface area contributed by atoms with E-state index >= 15 is 0 Å². The Morgan fingerprint density at radius 3 is 3.00 bits per heavy atom. The third-order valence-electron chi connectivity index (χ3n) is 2.42. The van der Waals surface area contributed by atoms with E-state index in [1.165, 1.54) is 0 Å². The Morgan fingerprint density at radius 1 is 1.47 bits per heavy atom. The zero-order valence-corrected chi connectivity index (χ0v) is 10.7. The molecule has 0 saturated heterocycles. The molecule has 6 heteroatoms. The summed E-state index contributed by atoms with van der Waals surface area (Å²) < 4.78 is 6.97. The van der Waals surface area contributed by atoms with E-state index in [0.29, 0.717) is 30.3 Å². The topological polar surface area (TPSA) is 82.2 Å². The van der Waals surface area contributed by atoms with Crippen molar-refractivity contribution in [1.82, 2.24) is 9.78 Å². The number of nitrogens with zero attached hydrogens (tertiary/aromatic N) is 2. The van der Waals surface area contributed by atoms with E-state index in [1.807, 2.05) is 6.07 Å². The predicted molar refractivity (Wildman–Crippen MR) is 72.2 cm³/mol. The summed E-state index contributed by atoms with van der Waals surface area (Å²) in [5, 5.41) is 6.80. The maximum atomic E-state index is 11.9. The van der Waals surface area contributed by atoms with Crippen LogP contribution in [0.2, 0.25) is 0 Å². The molecule has 0 aliphatic rings. The number of aromatic nitrogens is 2. The number of nitrogens with one attached hydrogen (secondary N) is 1. The minimum Gasteiger partial charge on any atom is -0.492 e. The maximum absolute atomic E-state index is 11.9. The van der Waals surface area contributed by atoms with Gasteiger partial charge in [0.1, 0.15) is 12.4 Å². The number of anilines is 1. The number of rotatable bonds is 5. The number of ether oxygens (including phenoxy) is 1. The SMILES string of the molecule is Cn1ccc(C(=O)Nc2cccc(OCCN)c2)n1. The highest BCUT2D eigenvalue weighted by atomic mass is 16.5. The van der Waals surface area contributed by atoms with Crippen LogP contribution in [0.3, 0.4) is 0 Å². The summed E-state index contributed by atoms with van der Waals surface area (Å²) in [7, 11) is 1.76. The predicted octanol–water partition coefficient (Wildman–Crippen LogP) is 1.01. The van der Waals surface area contributed by atoms with Gasteiger partial charge in [-0.15, -0.1) is 0 Å². The molecule has 2 rings (SSSR count). The molecule has 0 spiro atoms. The van der Waals surface area contributed by atoms with E-state index in [1.54, 1.807) is 42.2 Å². The Kier molecular flexibility index (Phi) is 4.15. The average Bonchev–Trinajstić information content (AvgIpc) is 2.83. The molecule has 0 radical (unpaired) electrons. The Labute approximate surface area is 111 Å². The summed E-state index contributed by atoms with van der Waals surface area (Å²) >= 11 is 0. The van der Waals surface area contributed by atoms with Crippen LogP contribution in [-0.2, 0) is 7.05 Å². The minimum atomic E-state index is -0.253. The molecule has 3 N–H and O–H groups in total. The van der Waals surface area contributed by atoms with Gasteiger partial charge in [0.05, 0.1) is 0 Å². The standard InChI is InChI=1S/C13H16N4O2/c1-17-7-5-12(16-17)13(18)15-10-3-2-4-11(9-10)19-8-6-14/h2-5,7,9H,6,8,14H2,1H3,(H,15,18). The van der Waals surface area contributed by atoms with Crippen molar-refractivity contribution in [2.45, 2.75) is 0 Å². The maximum Gasteiger partial charge on any atom is 0.276 e. The molecule has 19 heavy (non-hydrogen) atoms. The number of aryl methyl sites for hydroxylation is 1. The quantitative estimate of drug-likeness (QED) is 0.840. The van der Waals surface area contributed by atoms with Crippen molar-refractivity contribution in [3.05, 3.63) is 42.2 Å². The zero-order valence-electron chi connectivity index (χ0n) is 10.7. The molecule has 0 saturated carbocycles. The van der Waals surface area contributed by atoms with Crippen LogP contribution in [-0.4, -0.2) is 28.8 Å². The molecule has 6 nitrogen and oxygen atoms in total. The van der Waals surface area contributed by atoms with Gasteiger partial charge in [0.15, 0.2) is 5.69 Å². The number of amides is 1. The van der Waals surface area contributed by atoms with Gasteiger partial charge in [0, 0.05) is 31.5 Å². The lowest BCUT2D eigenvalue weighted by atomic mass is 10.3. The van der Waals surface area contributed by atoms with Gasteiger partial charge in [-0.2, -0.15) is 5.10 Å². The fourth-order valence-corrected chi connectivity index (χ4v) is 1.57. The number of carbonyl (C=O) groups is 1. The molecule has 0 bridgehead atoms. The molecule has 1 amide bonds. The van der Waals surface area contributed by atoms with Crippen molar-refractivity contribution in [2.24, 2.45) is 12.8 Å². The van der Waals surface area contributed by atoms with Gasteiger partial charge in [-0.05, 0) is 18.2 Å². The molecule has 0 aliphatic heterocycles. The number of nitrogens with two attached hydrogens (primary N) is 1. The second-order valence-electron chi connectivity index (χ2n) is 3.99. The first kappa shape index (κ1) is 13.1. The van der Waals surface area contributed by atoms with Gasteiger partial charge in [-0.1, -0.05) is 6.07 Å². The lowest BCUT2D eigenvalue weighted by molar-refractivity contribution is 0.102. The third-order valence-corrected chi connectivity index (χ3v) is 2.42. The zero-order chi connectivity index (χ0) is 13.7. The van der Waals surface area contributed by atoms with E-state index in [0.717, 1.165) is 0 Å². The summed E-state index contributed by atoms with van der Waals surface area (Å²) in [6, 6.07) is 8.81. The number of hydrogen-bond donors (Lipinski definition) is 2. The van der Waals surface area contributed by atoms with Crippen molar-refractivity contribution in [2.75, 3.05) is 18.5 Å². The molecule has 1 aromatic heterocycles. The van der Waals surface area contributed by atoms with Gasteiger partial charge in [-0.25, -0.2) is 0 Å². The molecule has 0 atom stereocenters. The van der Waals surface area contributed by atoms with Gasteiger partial charge in [0.25, 0.3) is 5.91 Å². The Bertz CT molecular complexity index is 565. The molecular formula is C13H16N4O2. The Balaban J connectivity index is 2.04. The highest BCUT2D eigenvalue weighted by molar-refractivity contribution is 6.02. The van der Waals surface area contributed by atoms with Crippen molar-refractivity contribution in [1.29, 1.82) is 0 Å². The van der Waals surface area contributed by atoms with Gasteiger partial charge < -0.3 is 15.8 Å². The Hall–Kier alpha value is -2.34. The molecule has 1 heterocycles. The van der Waals surface area contributed by atoms with Crippen molar-refractivity contribution in [3.63, 3.8) is 0 Å². The second-order valence-corrected chi connectivity index (χ2v) is 3.99. The van der Waals surface area contributed by atoms with Crippen LogP contribution < -0.4 is 15.8 Å². The fraction of sp³-hybridized carbons (Fsp3) is 0.231. The molecule has 0 fully saturated rings. The number of benzene rings is 1. The molecule has 0 aliphatic carbocycles. The lowest BCUT2D eigenvalue weighted by Crippen LogP contribution is -2.13. The summed E-state index contributed by atoms with van der Waals surface area (Å²) in [6.07, 6.45) is 1.72. The molecule has 0 unspecified atom stereocenters. The van der Waals surface area contributed by atoms with Gasteiger partial charge >= 0.3 is 0 Å². The van der Waals surface area contributed by atoms with E-state index in [2.05, 4.69) is 10.4 Å². The van der Waals surface area contributed by atoms with Gasteiger partial charge in [-0.3, -0.25) is 9.48 Å². The fourth-order valence-electron chi connectivity index (χ4n) is 1.57. The first-order valence-electron chi connectivity index (χ1n) is 5.93. The van der Waals surface area contributed by atoms with Crippen molar-refractivity contribution < 1.29 is 9.53 Å². The molecular weight excluding hydrogens is 244 g/mol. The summed E-state index contributed by atoms with van der Waals surface area (Å²) in [5.74, 6) is 0.417. The van der Waals surface area contributed by atoms with Crippen LogP contribution in [0.25, 0.3) is 0 Å². The van der Waals surface area contributed by atoms with Crippen LogP contribution >= 0.6 is 0 Å². The summed E-state index contributed by atoms with van der Waals surface area (Å²) in [6.45, 7) is 0.891. The van der Waals surface area contributed by atoms with Crippen LogP contribution in [0.4, 0.5) is 5.69 Å². The first-order valence-corrected chi connectivity index (χ1v) is 5.93. The molecule has 1 aromatic carbocycles. The van der Waals surface area contributed by atoms with Gasteiger partial charge in [0.2, 0.25) is 0 Å². The van der Waals surface area contributed by atoms with Crippen LogP contribution in [0, 0.1) is 0 Å². The van der Waals surface area contributed by atoms with Crippen molar-refractivity contribution >= 4 is 11.6 Å². The summed E-state index contributed by atoms with van der Waals surface area (Å²) in [4.78, 5) is 11.9. The van der Waals surface area contributed by atoms with Crippen molar-refractivity contribution in [3.8, 4) is 5.75 Å². The highest BCUT2D eigenvalue weighted by Gasteiger charge is 2.09. The normalized spacial score (nSPS) is 10.2. The van der Waals surface area contributed by atoms with Crippen LogP contribution in [0.1, 0.15) is 10.5 Å². The first-order chi connectivity index (χ1) is 9.19. The summed E-state index contributed by atoms with van der Waals surface area (Å²) in [5.41, 5.74) is 6.40. The monoisotopic (exact) mass is 260 g/mol. The lowest BCUT2D eigenvalue weighted by Gasteiger charge is -2.07. The average molecular weight is 260 g/mol.